The van der Waals surface area contributed by atoms with Gasteiger partial charge >= 0.3 is 0 Å². The summed E-state index contributed by atoms with van der Waals surface area (Å²) in [4.78, 5) is 12.0. The van der Waals surface area contributed by atoms with Crippen molar-refractivity contribution < 1.29 is 9.12 Å². The van der Waals surface area contributed by atoms with Gasteiger partial charge in [-0.2, -0.15) is 14.5 Å². The van der Waals surface area contributed by atoms with Crippen LogP contribution in [0.1, 0.15) is 23.7 Å². The van der Waals surface area contributed by atoms with Crippen molar-refractivity contribution in [3.8, 4) is 28.1 Å². The lowest BCUT2D eigenvalue weighted by atomic mass is 10.0. The molecule has 36 heavy (non-hydrogen) atoms. The molecule has 4 aromatic heterocycles. The molecule has 0 fully saturated rings. The van der Waals surface area contributed by atoms with Crippen LogP contribution in [0.4, 0.5) is 4.39 Å². The van der Waals surface area contributed by atoms with E-state index in [1.54, 1.807) is 40.7 Å². The van der Waals surface area contributed by atoms with Crippen molar-refractivity contribution in [2.24, 2.45) is 7.05 Å². The summed E-state index contributed by atoms with van der Waals surface area (Å²) in [6.45, 7) is 0. The maximum atomic E-state index is 15.2. The second kappa shape index (κ2) is 8.38. The summed E-state index contributed by atoms with van der Waals surface area (Å²) in [5.74, 6) is -0.663. The average molecular weight is 505 g/mol. The predicted molar refractivity (Wildman–Crippen MR) is 128 cm³/mol. The lowest BCUT2D eigenvalue weighted by molar-refractivity contribution is -0.615. The number of pyridine rings is 2. The standard InChI is InChI=1S/C24H18ClFN8O2/c1-31-18(3-2-4-21(31)35)16-10-28-32(11-16)20-7-5-14-9-15(12-34(36)24(14)20)22-19(33-13-27-29-30-33)8-6-17(25)23(22)26/h2-4,6,8-13,20H,5,7H2,1H3. The zero-order chi connectivity index (χ0) is 25.0. The van der Waals surface area contributed by atoms with Crippen molar-refractivity contribution in [1.82, 2.24) is 34.6 Å². The molecule has 1 unspecified atom stereocenters. The van der Waals surface area contributed by atoms with Crippen molar-refractivity contribution in [2.45, 2.75) is 18.9 Å². The Morgan fingerprint density at radius 3 is 2.89 bits per heavy atom. The number of benzene rings is 1. The Labute approximate surface area is 208 Å². The van der Waals surface area contributed by atoms with E-state index in [-0.39, 0.29) is 22.2 Å². The maximum Gasteiger partial charge on any atom is 0.250 e. The quantitative estimate of drug-likeness (QED) is 0.275. The summed E-state index contributed by atoms with van der Waals surface area (Å²) in [6, 6.07) is 9.56. The minimum atomic E-state index is -0.663. The Morgan fingerprint density at radius 2 is 2.08 bits per heavy atom. The van der Waals surface area contributed by atoms with E-state index in [1.807, 2.05) is 12.3 Å². The first kappa shape index (κ1) is 22.1. The van der Waals surface area contributed by atoms with Crippen molar-refractivity contribution in [3.63, 3.8) is 0 Å². The zero-order valence-electron chi connectivity index (χ0n) is 18.9. The molecule has 0 amide bonds. The van der Waals surface area contributed by atoms with E-state index in [2.05, 4.69) is 20.6 Å². The first-order valence-electron chi connectivity index (χ1n) is 11.1. The number of rotatable bonds is 4. The fourth-order valence-electron chi connectivity index (χ4n) is 4.79. The molecule has 6 rings (SSSR count). The topological polar surface area (TPSA) is 110 Å². The fraction of sp³-hybridized carbons (Fsp3) is 0.167. The predicted octanol–water partition coefficient (Wildman–Crippen LogP) is 2.85. The second-order valence-corrected chi connectivity index (χ2v) is 8.95. The number of hydrogen-bond acceptors (Lipinski definition) is 6. The summed E-state index contributed by atoms with van der Waals surface area (Å²) < 4.78 is 20.6. The normalized spacial score (nSPS) is 14.8. The molecule has 1 aliphatic carbocycles. The molecule has 0 aliphatic heterocycles. The highest BCUT2D eigenvalue weighted by Crippen LogP contribution is 2.38. The Bertz CT molecular complexity index is 1680. The van der Waals surface area contributed by atoms with Crippen LogP contribution in [0.15, 0.2) is 66.1 Å². The van der Waals surface area contributed by atoms with Gasteiger partial charge in [0.25, 0.3) is 5.56 Å². The molecule has 12 heteroatoms. The fourth-order valence-corrected chi connectivity index (χ4v) is 4.95. The third-order valence-corrected chi connectivity index (χ3v) is 6.81. The third kappa shape index (κ3) is 3.47. The van der Waals surface area contributed by atoms with Crippen LogP contribution in [0.25, 0.3) is 28.1 Å². The molecule has 1 aliphatic rings. The molecule has 180 valence electrons. The van der Waals surface area contributed by atoms with Crippen LogP contribution in [0.2, 0.25) is 5.02 Å². The van der Waals surface area contributed by atoms with E-state index in [9.17, 15) is 10.0 Å². The van der Waals surface area contributed by atoms with Gasteiger partial charge in [-0.15, -0.1) is 5.10 Å². The van der Waals surface area contributed by atoms with Crippen molar-refractivity contribution in [2.75, 3.05) is 0 Å². The first-order chi connectivity index (χ1) is 17.4. The number of halogens is 2. The van der Waals surface area contributed by atoms with Crippen LogP contribution in [0.5, 0.6) is 0 Å². The maximum absolute atomic E-state index is 15.2. The Hall–Kier alpha value is -4.38. The van der Waals surface area contributed by atoms with Gasteiger partial charge in [-0.05, 0) is 47.5 Å². The highest BCUT2D eigenvalue weighted by molar-refractivity contribution is 6.31. The SMILES string of the molecule is Cn1c(-c2cnn(C3CCc4cc(-c5c(-n6cnnn6)ccc(Cl)c5F)c[n+]([O-])c43)c2)cccc1=O. The van der Waals surface area contributed by atoms with Gasteiger partial charge in [0, 0.05) is 30.4 Å². The van der Waals surface area contributed by atoms with Gasteiger partial charge in [0.05, 0.1) is 33.7 Å². The second-order valence-electron chi connectivity index (χ2n) is 8.55. The van der Waals surface area contributed by atoms with Crippen LogP contribution in [-0.2, 0) is 13.5 Å². The van der Waals surface area contributed by atoms with E-state index in [0.29, 0.717) is 29.8 Å². The Balaban J connectivity index is 1.42. The molecule has 0 spiro atoms. The number of nitrogens with zero attached hydrogens (tertiary/aromatic N) is 8. The minimum Gasteiger partial charge on any atom is -0.618 e. The molecule has 4 heterocycles. The number of aromatic nitrogens is 8. The van der Waals surface area contributed by atoms with Gasteiger partial charge in [0.15, 0.2) is 12.0 Å². The molecule has 0 N–H and O–H groups in total. The molecule has 5 aromatic rings. The lowest BCUT2D eigenvalue weighted by Crippen LogP contribution is -2.34. The molecular formula is C24H18ClFN8O2. The monoisotopic (exact) mass is 504 g/mol. The highest BCUT2D eigenvalue weighted by Gasteiger charge is 2.34. The van der Waals surface area contributed by atoms with Gasteiger partial charge in [-0.3, -0.25) is 9.48 Å². The van der Waals surface area contributed by atoms with Gasteiger partial charge in [-0.25, -0.2) is 4.39 Å². The molecular weight excluding hydrogens is 487 g/mol. The largest absolute Gasteiger partial charge is 0.618 e. The molecule has 0 saturated heterocycles. The van der Waals surface area contributed by atoms with Gasteiger partial charge < -0.3 is 9.77 Å². The van der Waals surface area contributed by atoms with E-state index < -0.39 is 5.82 Å². The zero-order valence-corrected chi connectivity index (χ0v) is 19.7. The molecule has 0 bridgehead atoms. The summed E-state index contributed by atoms with van der Waals surface area (Å²) in [5.41, 5.74) is 3.58. The summed E-state index contributed by atoms with van der Waals surface area (Å²) in [5, 5.41) is 28.8. The van der Waals surface area contributed by atoms with Crippen LogP contribution in [0, 0.1) is 11.0 Å². The van der Waals surface area contributed by atoms with Crippen molar-refractivity contribution in [3.05, 3.63) is 99.0 Å². The van der Waals surface area contributed by atoms with Crippen molar-refractivity contribution in [1.29, 1.82) is 0 Å². The Morgan fingerprint density at radius 1 is 1.22 bits per heavy atom. The lowest BCUT2D eigenvalue weighted by Gasteiger charge is -2.15. The molecule has 0 saturated carbocycles. The van der Waals surface area contributed by atoms with E-state index in [0.717, 1.165) is 21.6 Å². The molecule has 0 radical (unpaired) electrons. The smallest absolute Gasteiger partial charge is 0.250 e. The van der Waals surface area contributed by atoms with E-state index in [1.165, 1.54) is 29.3 Å². The number of hydrogen-bond donors (Lipinski definition) is 0. The van der Waals surface area contributed by atoms with Crippen molar-refractivity contribution >= 4 is 11.6 Å². The van der Waals surface area contributed by atoms with E-state index in [4.69, 9.17) is 11.6 Å². The van der Waals surface area contributed by atoms with Crippen LogP contribution < -0.4 is 10.3 Å². The summed E-state index contributed by atoms with van der Waals surface area (Å²) in [6.07, 6.45) is 7.44. The molecule has 1 atom stereocenters. The van der Waals surface area contributed by atoms with E-state index >= 15 is 4.39 Å². The first-order valence-corrected chi connectivity index (χ1v) is 11.5. The average Bonchev–Trinajstić information content (AvgIpc) is 3.63. The minimum absolute atomic E-state index is 0.0722. The Kier molecular flexibility index (Phi) is 5.15. The molecule has 1 aromatic carbocycles. The van der Waals surface area contributed by atoms with Crippen LogP contribution in [0.3, 0.4) is 0 Å². The van der Waals surface area contributed by atoms with Gasteiger partial charge in [0.2, 0.25) is 5.69 Å². The van der Waals surface area contributed by atoms with Gasteiger partial charge in [-0.1, -0.05) is 17.7 Å². The van der Waals surface area contributed by atoms with Crippen LogP contribution in [-0.4, -0.2) is 34.6 Å². The third-order valence-electron chi connectivity index (χ3n) is 6.51. The highest BCUT2D eigenvalue weighted by atomic mass is 35.5. The van der Waals surface area contributed by atoms with Gasteiger partial charge in [0.1, 0.15) is 12.4 Å². The van der Waals surface area contributed by atoms with Crippen LogP contribution >= 0.6 is 11.6 Å². The number of fused-ring (bicyclic) bond motifs is 1. The number of aryl methyl sites for hydroxylation is 1. The molecule has 10 nitrogen and oxygen atoms in total. The summed E-state index contributed by atoms with van der Waals surface area (Å²) in [7, 11) is 1.70. The number of tetrazole rings is 1. The summed E-state index contributed by atoms with van der Waals surface area (Å²) >= 11 is 6.08.